The monoisotopic (exact) mass is 214 g/mol. The van der Waals surface area contributed by atoms with Crippen LogP contribution in [0.3, 0.4) is 0 Å². The molecule has 16 heavy (non-hydrogen) atoms. The minimum atomic E-state index is 0.254. The second-order valence-electron chi connectivity index (χ2n) is 4.22. The van der Waals surface area contributed by atoms with Gasteiger partial charge in [0.1, 0.15) is 0 Å². The van der Waals surface area contributed by atoms with E-state index in [0.717, 1.165) is 25.9 Å². The predicted molar refractivity (Wildman–Crippen MR) is 68.4 cm³/mol. The summed E-state index contributed by atoms with van der Waals surface area (Å²) in [5.41, 5.74) is 8.77. The second-order valence-corrected chi connectivity index (χ2v) is 4.22. The highest BCUT2D eigenvalue weighted by molar-refractivity contribution is 5.56. The van der Waals surface area contributed by atoms with Crippen LogP contribution in [-0.4, -0.2) is 19.1 Å². The minimum Gasteiger partial charge on any atom is -0.369 e. The normalized spacial score (nSPS) is 18.6. The first-order chi connectivity index (χ1) is 7.81. The molecule has 0 aromatic heterocycles. The Morgan fingerprint density at radius 1 is 1.44 bits per heavy atom. The highest BCUT2D eigenvalue weighted by Crippen LogP contribution is 2.26. The van der Waals surface area contributed by atoms with Crippen LogP contribution in [0.4, 0.5) is 5.69 Å². The van der Waals surface area contributed by atoms with Gasteiger partial charge in [0.2, 0.25) is 0 Å². The van der Waals surface area contributed by atoms with Crippen LogP contribution in [0.25, 0.3) is 0 Å². The van der Waals surface area contributed by atoms with Crippen molar-refractivity contribution in [1.29, 1.82) is 0 Å². The number of hydrogen-bond donors (Lipinski definition) is 1. The molecule has 2 nitrogen and oxygen atoms in total. The summed E-state index contributed by atoms with van der Waals surface area (Å²) >= 11 is 0. The minimum absolute atomic E-state index is 0.254. The van der Waals surface area contributed by atoms with E-state index < -0.39 is 0 Å². The van der Waals surface area contributed by atoms with Crippen LogP contribution in [0.1, 0.15) is 18.9 Å². The molecule has 0 fully saturated rings. The number of hydrogen-bond acceptors (Lipinski definition) is 2. The number of nitrogens with two attached hydrogens (primary N) is 1. The summed E-state index contributed by atoms with van der Waals surface area (Å²) < 4.78 is 0. The molecule has 1 atom stereocenters. The molecular formula is C14H18N2. The lowest BCUT2D eigenvalue weighted by atomic mass is 9.98. The lowest BCUT2D eigenvalue weighted by Crippen LogP contribution is -2.43. The van der Waals surface area contributed by atoms with Gasteiger partial charge in [0.05, 0.1) is 0 Å². The fourth-order valence-corrected chi connectivity index (χ4v) is 2.25. The maximum Gasteiger partial charge on any atom is 0.0400 e. The summed E-state index contributed by atoms with van der Waals surface area (Å²) in [4.78, 5) is 2.36. The van der Waals surface area contributed by atoms with Crippen molar-refractivity contribution in [2.24, 2.45) is 5.73 Å². The van der Waals surface area contributed by atoms with Crippen LogP contribution >= 0.6 is 0 Å². The molecule has 1 aromatic carbocycles. The molecule has 1 aliphatic rings. The van der Waals surface area contributed by atoms with Crippen LogP contribution in [0.2, 0.25) is 0 Å². The molecule has 0 radical (unpaired) electrons. The summed E-state index contributed by atoms with van der Waals surface area (Å²) in [6, 6.07) is 8.78. The summed E-state index contributed by atoms with van der Waals surface area (Å²) in [5, 5.41) is 0. The largest absolute Gasteiger partial charge is 0.369 e. The molecule has 0 amide bonds. The Labute approximate surface area is 97.4 Å². The summed E-state index contributed by atoms with van der Waals surface area (Å²) in [5.74, 6) is 6.04. The molecular weight excluding hydrogens is 196 g/mol. The van der Waals surface area contributed by atoms with E-state index in [0.29, 0.717) is 0 Å². The lowest BCUT2D eigenvalue weighted by molar-refractivity contribution is 0.602. The van der Waals surface area contributed by atoms with Crippen molar-refractivity contribution in [1.82, 2.24) is 0 Å². The zero-order valence-corrected chi connectivity index (χ0v) is 9.74. The highest BCUT2D eigenvalue weighted by Gasteiger charge is 2.20. The Morgan fingerprint density at radius 2 is 2.25 bits per heavy atom. The van der Waals surface area contributed by atoms with E-state index in [-0.39, 0.29) is 6.04 Å². The fraction of sp³-hybridized carbons (Fsp3) is 0.429. The Bertz CT molecular complexity index is 414. The summed E-state index contributed by atoms with van der Waals surface area (Å²) in [7, 11) is 0. The van der Waals surface area contributed by atoms with Crippen LogP contribution < -0.4 is 10.6 Å². The van der Waals surface area contributed by atoms with Gasteiger partial charge in [0, 0.05) is 31.2 Å². The number of anilines is 1. The van der Waals surface area contributed by atoms with Gasteiger partial charge in [0.15, 0.2) is 0 Å². The maximum absolute atomic E-state index is 6.07. The SMILES string of the molecule is CC#CCCN1CC(N)Cc2ccccc21. The molecule has 1 unspecified atom stereocenters. The second kappa shape index (κ2) is 5.05. The van der Waals surface area contributed by atoms with E-state index in [2.05, 4.69) is 41.0 Å². The quantitative estimate of drug-likeness (QED) is 0.760. The number of fused-ring (bicyclic) bond motifs is 1. The van der Waals surface area contributed by atoms with Gasteiger partial charge in [-0.15, -0.1) is 11.8 Å². The Balaban J connectivity index is 2.15. The highest BCUT2D eigenvalue weighted by atomic mass is 15.1. The lowest BCUT2D eigenvalue weighted by Gasteiger charge is -2.34. The van der Waals surface area contributed by atoms with Crippen molar-refractivity contribution in [2.45, 2.75) is 25.8 Å². The van der Waals surface area contributed by atoms with E-state index >= 15 is 0 Å². The standard InChI is InChI=1S/C14H18N2/c1-2-3-6-9-16-11-13(15)10-12-7-4-5-8-14(12)16/h4-5,7-8,13H,6,9-11,15H2,1H3. The van der Waals surface area contributed by atoms with E-state index in [1.54, 1.807) is 0 Å². The van der Waals surface area contributed by atoms with Crippen LogP contribution in [-0.2, 0) is 6.42 Å². The average Bonchev–Trinajstić information content (AvgIpc) is 2.29. The van der Waals surface area contributed by atoms with Gasteiger partial charge >= 0.3 is 0 Å². The van der Waals surface area contributed by atoms with Crippen molar-refractivity contribution in [3.63, 3.8) is 0 Å². The molecule has 1 aliphatic heterocycles. The van der Waals surface area contributed by atoms with Gasteiger partial charge in [-0.1, -0.05) is 18.2 Å². The summed E-state index contributed by atoms with van der Waals surface area (Å²) in [6.45, 7) is 3.81. The van der Waals surface area contributed by atoms with Crippen LogP contribution in [0.15, 0.2) is 24.3 Å². The topological polar surface area (TPSA) is 29.3 Å². The van der Waals surface area contributed by atoms with E-state index in [1.807, 2.05) is 6.92 Å². The molecule has 0 aliphatic carbocycles. The molecule has 0 saturated heterocycles. The van der Waals surface area contributed by atoms with Gasteiger partial charge in [0.25, 0.3) is 0 Å². The maximum atomic E-state index is 6.07. The smallest absolute Gasteiger partial charge is 0.0400 e. The van der Waals surface area contributed by atoms with Crippen molar-refractivity contribution in [2.75, 3.05) is 18.0 Å². The molecule has 0 bridgehead atoms. The first-order valence-electron chi connectivity index (χ1n) is 5.79. The molecule has 0 spiro atoms. The van der Waals surface area contributed by atoms with Crippen molar-refractivity contribution < 1.29 is 0 Å². The third kappa shape index (κ3) is 2.37. The number of rotatable bonds is 2. The zero-order valence-electron chi connectivity index (χ0n) is 9.74. The van der Waals surface area contributed by atoms with Crippen molar-refractivity contribution >= 4 is 5.69 Å². The Kier molecular flexibility index (Phi) is 3.48. The van der Waals surface area contributed by atoms with E-state index in [9.17, 15) is 0 Å². The number of nitrogens with zero attached hydrogens (tertiary/aromatic N) is 1. The molecule has 84 valence electrons. The Morgan fingerprint density at radius 3 is 3.06 bits per heavy atom. The first kappa shape index (κ1) is 11.0. The van der Waals surface area contributed by atoms with Crippen LogP contribution in [0.5, 0.6) is 0 Å². The Hall–Kier alpha value is -1.46. The fourth-order valence-electron chi connectivity index (χ4n) is 2.25. The third-order valence-electron chi connectivity index (χ3n) is 2.95. The first-order valence-corrected chi connectivity index (χ1v) is 5.79. The van der Waals surface area contributed by atoms with Crippen molar-refractivity contribution in [3.05, 3.63) is 29.8 Å². The van der Waals surface area contributed by atoms with E-state index in [1.165, 1.54) is 11.3 Å². The van der Waals surface area contributed by atoms with E-state index in [4.69, 9.17) is 5.73 Å². The van der Waals surface area contributed by atoms with Crippen molar-refractivity contribution in [3.8, 4) is 11.8 Å². The molecule has 2 N–H and O–H groups in total. The summed E-state index contributed by atoms with van der Waals surface area (Å²) in [6.07, 6.45) is 1.91. The zero-order chi connectivity index (χ0) is 11.4. The molecule has 1 aromatic rings. The average molecular weight is 214 g/mol. The molecule has 0 saturated carbocycles. The van der Waals surface area contributed by atoms with Gasteiger partial charge in [-0.25, -0.2) is 0 Å². The van der Waals surface area contributed by atoms with Gasteiger partial charge in [-0.05, 0) is 25.0 Å². The van der Waals surface area contributed by atoms with Gasteiger partial charge in [-0.3, -0.25) is 0 Å². The number of benzene rings is 1. The molecule has 1 heterocycles. The van der Waals surface area contributed by atoms with Crippen LogP contribution in [0, 0.1) is 11.8 Å². The van der Waals surface area contributed by atoms with Gasteiger partial charge < -0.3 is 10.6 Å². The third-order valence-corrected chi connectivity index (χ3v) is 2.95. The molecule has 2 rings (SSSR count). The predicted octanol–water partition coefficient (Wildman–Crippen LogP) is 1.79. The molecule has 2 heteroatoms. The number of para-hydroxylation sites is 1. The van der Waals surface area contributed by atoms with Gasteiger partial charge in [-0.2, -0.15) is 0 Å².